The van der Waals surface area contributed by atoms with E-state index in [0.29, 0.717) is 0 Å². The van der Waals surface area contributed by atoms with Crippen LogP contribution in [0.2, 0.25) is 0 Å². The minimum absolute atomic E-state index is 0. The zero-order valence-electron chi connectivity index (χ0n) is 9.41. The van der Waals surface area contributed by atoms with Crippen LogP contribution in [0.5, 0.6) is 0 Å². The summed E-state index contributed by atoms with van der Waals surface area (Å²) in [5.41, 5.74) is 1.56. The summed E-state index contributed by atoms with van der Waals surface area (Å²) in [5, 5.41) is 3.55. The lowest BCUT2D eigenvalue weighted by molar-refractivity contribution is 0.214. The molecule has 1 saturated heterocycles. The molecule has 0 aromatic carbocycles. The van der Waals surface area contributed by atoms with E-state index in [-0.39, 0.29) is 12.4 Å². The van der Waals surface area contributed by atoms with Crippen molar-refractivity contribution in [2.24, 2.45) is 28.7 Å². The molecule has 1 saturated carbocycles. The summed E-state index contributed by atoms with van der Waals surface area (Å²) in [7, 11) is 0. The average molecular weight is 229 g/mol. The molecule has 0 spiro atoms. The van der Waals surface area contributed by atoms with Gasteiger partial charge in [0.25, 0.3) is 0 Å². The Morgan fingerprint density at radius 2 is 2.20 bits per heavy atom. The minimum Gasteiger partial charge on any atom is -0.316 e. The Morgan fingerprint density at radius 3 is 3.07 bits per heavy atom. The maximum absolute atomic E-state index is 4.75. The Bertz CT molecular complexity index is 264. The van der Waals surface area contributed by atoms with Crippen LogP contribution in [-0.2, 0) is 0 Å². The molecule has 2 aliphatic heterocycles. The van der Waals surface area contributed by atoms with Gasteiger partial charge in [-0.3, -0.25) is 4.99 Å². The van der Waals surface area contributed by atoms with Gasteiger partial charge in [0.05, 0.1) is 0 Å². The molecule has 0 aromatic rings. The van der Waals surface area contributed by atoms with Crippen LogP contribution >= 0.6 is 12.4 Å². The second-order valence-electron chi connectivity index (χ2n) is 5.27. The summed E-state index contributed by atoms with van der Waals surface area (Å²) in [5.74, 6) is 3.56. The predicted octanol–water partition coefficient (Wildman–Crippen LogP) is 2.13. The van der Waals surface area contributed by atoms with Gasteiger partial charge in [-0.15, -0.1) is 12.4 Å². The van der Waals surface area contributed by atoms with E-state index >= 15 is 0 Å². The fraction of sp³-hybridized carbons (Fsp3) is 0.917. The lowest BCUT2D eigenvalue weighted by atomic mass is 9.66. The SMILES string of the molecule is CC1C2CCCN=C2C[C@@H]2CNC[C@@H]12.Cl. The monoisotopic (exact) mass is 228 g/mol. The van der Waals surface area contributed by atoms with Gasteiger partial charge in [-0.2, -0.15) is 0 Å². The van der Waals surface area contributed by atoms with Gasteiger partial charge in [-0.1, -0.05) is 6.92 Å². The normalized spacial score (nSPS) is 43.7. The molecule has 2 fully saturated rings. The molecule has 3 heteroatoms. The summed E-state index contributed by atoms with van der Waals surface area (Å²) in [4.78, 5) is 4.75. The number of rotatable bonds is 0. The average Bonchev–Trinajstić information content (AvgIpc) is 2.66. The van der Waals surface area contributed by atoms with Crippen molar-refractivity contribution in [1.82, 2.24) is 5.32 Å². The van der Waals surface area contributed by atoms with Crippen molar-refractivity contribution in [1.29, 1.82) is 0 Å². The Labute approximate surface area is 98.3 Å². The lowest BCUT2D eigenvalue weighted by Gasteiger charge is -2.40. The van der Waals surface area contributed by atoms with Gasteiger partial charge >= 0.3 is 0 Å². The summed E-state index contributed by atoms with van der Waals surface area (Å²) >= 11 is 0. The number of nitrogens with zero attached hydrogens (tertiary/aromatic N) is 1. The Hall–Kier alpha value is -0.0800. The molecular weight excluding hydrogens is 208 g/mol. The lowest BCUT2D eigenvalue weighted by Crippen LogP contribution is -2.40. The molecule has 1 N–H and O–H groups in total. The van der Waals surface area contributed by atoms with Gasteiger partial charge in [0.1, 0.15) is 0 Å². The third-order valence-electron chi connectivity index (χ3n) is 4.59. The maximum atomic E-state index is 4.75. The fourth-order valence-electron chi connectivity index (χ4n) is 3.76. The molecule has 2 heterocycles. The summed E-state index contributed by atoms with van der Waals surface area (Å²) in [6.45, 7) is 6.05. The number of aliphatic imine (C=N–C) groups is 1. The highest BCUT2D eigenvalue weighted by atomic mass is 35.5. The largest absolute Gasteiger partial charge is 0.316 e. The molecule has 0 radical (unpaired) electrons. The van der Waals surface area contributed by atoms with Crippen LogP contribution in [-0.4, -0.2) is 25.3 Å². The van der Waals surface area contributed by atoms with Crippen LogP contribution in [0.15, 0.2) is 4.99 Å². The summed E-state index contributed by atoms with van der Waals surface area (Å²) in [6, 6.07) is 0. The number of halogens is 1. The van der Waals surface area contributed by atoms with Crippen LogP contribution in [0.1, 0.15) is 26.2 Å². The molecule has 86 valence electrons. The van der Waals surface area contributed by atoms with Crippen molar-refractivity contribution in [3.63, 3.8) is 0 Å². The standard InChI is InChI=1S/C12H20N2.ClH/c1-8-10-3-2-4-14-12(10)5-9-6-13-7-11(8)9;/h8-11,13H,2-7H2,1H3;1H/t8?,9-,10?,11+;/m1./s1. The maximum Gasteiger partial charge on any atom is 0.0389 e. The molecule has 3 aliphatic rings. The van der Waals surface area contributed by atoms with Crippen molar-refractivity contribution >= 4 is 18.1 Å². The molecule has 2 unspecified atom stereocenters. The van der Waals surface area contributed by atoms with E-state index in [9.17, 15) is 0 Å². The highest BCUT2D eigenvalue weighted by Crippen LogP contribution is 2.42. The minimum atomic E-state index is 0. The molecule has 2 nitrogen and oxygen atoms in total. The first-order valence-electron chi connectivity index (χ1n) is 6.10. The van der Waals surface area contributed by atoms with Crippen LogP contribution < -0.4 is 5.32 Å². The number of hydrogen-bond acceptors (Lipinski definition) is 2. The van der Waals surface area contributed by atoms with Gasteiger partial charge in [0, 0.05) is 12.3 Å². The molecule has 15 heavy (non-hydrogen) atoms. The quantitative estimate of drug-likeness (QED) is 0.675. The van der Waals surface area contributed by atoms with E-state index in [1.54, 1.807) is 5.71 Å². The van der Waals surface area contributed by atoms with Crippen molar-refractivity contribution in [3.05, 3.63) is 0 Å². The second-order valence-corrected chi connectivity index (χ2v) is 5.27. The highest BCUT2D eigenvalue weighted by molar-refractivity contribution is 5.88. The number of hydrogen-bond donors (Lipinski definition) is 1. The van der Waals surface area contributed by atoms with Crippen molar-refractivity contribution in [2.45, 2.75) is 26.2 Å². The molecule has 0 amide bonds. The first-order valence-corrected chi connectivity index (χ1v) is 6.10. The summed E-state index contributed by atoms with van der Waals surface area (Å²) in [6.07, 6.45) is 4.03. The van der Waals surface area contributed by atoms with Crippen molar-refractivity contribution in [2.75, 3.05) is 19.6 Å². The van der Waals surface area contributed by atoms with E-state index in [4.69, 9.17) is 4.99 Å². The molecule has 4 atom stereocenters. The number of nitrogens with one attached hydrogen (secondary N) is 1. The van der Waals surface area contributed by atoms with E-state index in [1.807, 2.05) is 0 Å². The van der Waals surface area contributed by atoms with Gasteiger partial charge in [-0.05, 0) is 56.0 Å². The Kier molecular flexibility index (Phi) is 3.36. The molecule has 1 aliphatic carbocycles. The van der Waals surface area contributed by atoms with Gasteiger partial charge < -0.3 is 5.32 Å². The topological polar surface area (TPSA) is 24.4 Å². The molecule has 3 rings (SSSR count). The van der Waals surface area contributed by atoms with E-state index < -0.39 is 0 Å². The second kappa shape index (κ2) is 4.42. The van der Waals surface area contributed by atoms with Crippen LogP contribution in [0.3, 0.4) is 0 Å². The van der Waals surface area contributed by atoms with E-state index in [2.05, 4.69) is 12.2 Å². The highest BCUT2D eigenvalue weighted by Gasteiger charge is 2.42. The molecular formula is C12H21ClN2. The van der Waals surface area contributed by atoms with Gasteiger partial charge in [-0.25, -0.2) is 0 Å². The third kappa shape index (κ3) is 1.83. The zero-order valence-corrected chi connectivity index (χ0v) is 10.2. The first kappa shape index (κ1) is 11.4. The van der Waals surface area contributed by atoms with Crippen LogP contribution in [0.4, 0.5) is 0 Å². The fourth-order valence-corrected chi connectivity index (χ4v) is 3.76. The van der Waals surface area contributed by atoms with Crippen LogP contribution in [0, 0.1) is 23.7 Å². The van der Waals surface area contributed by atoms with Crippen molar-refractivity contribution < 1.29 is 0 Å². The Balaban J connectivity index is 0.000000853. The predicted molar refractivity (Wildman–Crippen MR) is 65.9 cm³/mol. The van der Waals surface area contributed by atoms with Gasteiger partial charge in [0.2, 0.25) is 0 Å². The molecule has 0 aromatic heterocycles. The molecule has 0 bridgehead atoms. The number of fused-ring (bicyclic) bond motifs is 2. The third-order valence-corrected chi connectivity index (χ3v) is 4.59. The van der Waals surface area contributed by atoms with E-state index in [1.165, 1.54) is 32.4 Å². The van der Waals surface area contributed by atoms with Gasteiger partial charge in [0.15, 0.2) is 0 Å². The summed E-state index contributed by atoms with van der Waals surface area (Å²) < 4.78 is 0. The van der Waals surface area contributed by atoms with Crippen LogP contribution in [0.25, 0.3) is 0 Å². The zero-order chi connectivity index (χ0) is 9.54. The van der Waals surface area contributed by atoms with Crippen molar-refractivity contribution in [3.8, 4) is 0 Å². The Morgan fingerprint density at radius 1 is 1.33 bits per heavy atom. The first-order chi connectivity index (χ1) is 6.86. The smallest absolute Gasteiger partial charge is 0.0389 e. The van der Waals surface area contributed by atoms with E-state index in [0.717, 1.165) is 30.2 Å².